The molecule has 126 valence electrons. The van der Waals surface area contributed by atoms with E-state index in [2.05, 4.69) is 26.2 Å². The zero-order valence-corrected chi connectivity index (χ0v) is 14.5. The van der Waals surface area contributed by atoms with E-state index in [1.165, 1.54) is 29.1 Å². The zero-order chi connectivity index (χ0) is 17.8. The Kier molecular flexibility index (Phi) is 5.04. The summed E-state index contributed by atoms with van der Waals surface area (Å²) in [5.41, 5.74) is 1.32. The lowest BCUT2D eigenvalue weighted by atomic mass is 10.1. The highest BCUT2D eigenvalue weighted by Gasteiger charge is 2.08. The monoisotopic (exact) mass is 401 g/mol. The van der Waals surface area contributed by atoms with E-state index in [-0.39, 0.29) is 23.8 Å². The number of carbonyl (C=O) groups excluding carboxylic acids is 1. The largest absolute Gasteiger partial charge is 0.324 e. The van der Waals surface area contributed by atoms with Crippen LogP contribution in [-0.4, -0.2) is 15.5 Å². The summed E-state index contributed by atoms with van der Waals surface area (Å²) in [6.45, 7) is -0.151. The fraction of sp³-hybridized carbons (Fsp3) is 0.0556. The van der Waals surface area contributed by atoms with Gasteiger partial charge in [0.2, 0.25) is 5.91 Å². The maximum atomic E-state index is 13.0. The van der Waals surface area contributed by atoms with Gasteiger partial charge in [0.05, 0.1) is 12.0 Å². The molecule has 0 spiro atoms. The summed E-state index contributed by atoms with van der Waals surface area (Å²) in [5, 5.41) is 2.71. The average Bonchev–Trinajstić information content (AvgIpc) is 2.57. The number of carbonyl (C=O) groups is 1. The predicted molar refractivity (Wildman–Crippen MR) is 96.7 cm³/mol. The summed E-state index contributed by atoms with van der Waals surface area (Å²) in [5.74, 6) is -0.696. The SMILES string of the molecule is O=C(Cn1cnc(-c2ccc(F)cc2)cc1=O)Nc1cccc(Br)c1. The third-order valence-electron chi connectivity index (χ3n) is 3.44. The Hall–Kier alpha value is -2.80. The van der Waals surface area contributed by atoms with Crippen LogP contribution in [0.5, 0.6) is 0 Å². The molecule has 0 unspecified atom stereocenters. The van der Waals surface area contributed by atoms with Crippen molar-refractivity contribution < 1.29 is 9.18 Å². The second-order valence-corrected chi connectivity index (χ2v) is 6.22. The zero-order valence-electron chi connectivity index (χ0n) is 12.9. The van der Waals surface area contributed by atoms with Gasteiger partial charge in [-0.15, -0.1) is 0 Å². The van der Waals surface area contributed by atoms with Crippen molar-refractivity contribution >= 4 is 27.5 Å². The average molecular weight is 402 g/mol. The van der Waals surface area contributed by atoms with Crippen LogP contribution < -0.4 is 10.9 Å². The highest BCUT2D eigenvalue weighted by molar-refractivity contribution is 9.10. The summed E-state index contributed by atoms with van der Waals surface area (Å²) in [6.07, 6.45) is 1.31. The highest BCUT2D eigenvalue weighted by atomic mass is 79.9. The van der Waals surface area contributed by atoms with Gasteiger partial charge in [-0.25, -0.2) is 9.37 Å². The number of halogens is 2. The molecule has 3 rings (SSSR count). The molecular weight excluding hydrogens is 389 g/mol. The molecule has 1 amide bonds. The number of anilines is 1. The Bertz CT molecular complexity index is 971. The van der Waals surface area contributed by atoms with Gasteiger partial charge < -0.3 is 5.32 Å². The van der Waals surface area contributed by atoms with Crippen molar-refractivity contribution in [1.82, 2.24) is 9.55 Å². The van der Waals surface area contributed by atoms with Gasteiger partial charge >= 0.3 is 0 Å². The van der Waals surface area contributed by atoms with Crippen molar-refractivity contribution in [3.63, 3.8) is 0 Å². The lowest BCUT2D eigenvalue weighted by molar-refractivity contribution is -0.116. The molecule has 0 aliphatic heterocycles. The first kappa shape index (κ1) is 17.0. The molecule has 1 N–H and O–H groups in total. The highest BCUT2D eigenvalue weighted by Crippen LogP contribution is 2.16. The summed E-state index contributed by atoms with van der Waals surface area (Å²) in [4.78, 5) is 28.4. The molecule has 0 fully saturated rings. The van der Waals surface area contributed by atoms with Gasteiger partial charge in [-0.05, 0) is 42.5 Å². The fourth-order valence-corrected chi connectivity index (χ4v) is 2.64. The molecule has 7 heteroatoms. The lowest BCUT2D eigenvalue weighted by Crippen LogP contribution is -2.27. The second-order valence-electron chi connectivity index (χ2n) is 5.31. The number of amides is 1. The number of nitrogens with one attached hydrogen (secondary N) is 1. The molecule has 2 aromatic carbocycles. The number of hydrogen-bond donors (Lipinski definition) is 1. The van der Waals surface area contributed by atoms with Gasteiger partial charge in [0.1, 0.15) is 12.4 Å². The Morgan fingerprint density at radius 1 is 1.16 bits per heavy atom. The topological polar surface area (TPSA) is 64.0 Å². The Morgan fingerprint density at radius 2 is 1.92 bits per heavy atom. The van der Waals surface area contributed by atoms with Gasteiger partial charge in [-0.1, -0.05) is 22.0 Å². The smallest absolute Gasteiger partial charge is 0.254 e. The molecule has 0 bridgehead atoms. The number of aromatic nitrogens is 2. The molecule has 0 atom stereocenters. The Morgan fingerprint density at radius 3 is 2.60 bits per heavy atom. The van der Waals surface area contributed by atoms with Gasteiger partial charge in [0, 0.05) is 21.8 Å². The van der Waals surface area contributed by atoms with Crippen LogP contribution in [0.4, 0.5) is 10.1 Å². The van der Waals surface area contributed by atoms with Gasteiger partial charge in [0.15, 0.2) is 0 Å². The molecule has 3 aromatic rings. The third kappa shape index (κ3) is 4.39. The lowest BCUT2D eigenvalue weighted by Gasteiger charge is -2.08. The van der Waals surface area contributed by atoms with E-state index < -0.39 is 0 Å². The van der Waals surface area contributed by atoms with Crippen LogP contribution in [0.1, 0.15) is 0 Å². The van der Waals surface area contributed by atoms with Crippen LogP contribution in [0.15, 0.2) is 70.2 Å². The van der Waals surface area contributed by atoms with Crippen LogP contribution >= 0.6 is 15.9 Å². The van der Waals surface area contributed by atoms with Crippen LogP contribution in [0.3, 0.4) is 0 Å². The third-order valence-corrected chi connectivity index (χ3v) is 3.94. The van der Waals surface area contributed by atoms with Crippen LogP contribution in [0.25, 0.3) is 11.3 Å². The number of hydrogen-bond acceptors (Lipinski definition) is 3. The van der Waals surface area contributed by atoms with Crippen molar-refractivity contribution in [3.8, 4) is 11.3 Å². The van der Waals surface area contributed by atoms with E-state index in [1.54, 1.807) is 30.3 Å². The molecule has 0 aliphatic rings. The number of nitrogens with zero attached hydrogens (tertiary/aromatic N) is 2. The summed E-state index contributed by atoms with van der Waals surface area (Å²) in [7, 11) is 0. The minimum absolute atomic E-state index is 0.151. The van der Waals surface area contributed by atoms with E-state index in [0.29, 0.717) is 16.9 Å². The van der Waals surface area contributed by atoms with Crippen LogP contribution in [0, 0.1) is 5.82 Å². The quantitative estimate of drug-likeness (QED) is 0.727. The fourth-order valence-electron chi connectivity index (χ4n) is 2.24. The molecule has 0 radical (unpaired) electrons. The van der Waals surface area contributed by atoms with Crippen molar-refractivity contribution in [3.05, 3.63) is 81.6 Å². The van der Waals surface area contributed by atoms with E-state index in [9.17, 15) is 14.0 Å². The molecule has 0 saturated carbocycles. The van der Waals surface area contributed by atoms with Gasteiger partial charge in [-0.3, -0.25) is 14.2 Å². The molecule has 25 heavy (non-hydrogen) atoms. The number of rotatable bonds is 4. The van der Waals surface area contributed by atoms with E-state index in [0.717, 1.165) is 4.47 Å². The maximum Gasteiger partial charge on any atom is 0.254 e. The minimum atomic E-state index is -0.362. The molecular formula is C18H13BrFN3O2. The summed E-state index contributed by atoms with van der Waals surface area (Å²) < 4.78 is 15.0. The second kappa shape index (κ2) is 7.40. The van der Waals surface area contributed by atoms with Crippen molar-refractivity contribution in [2.45, 2.75) is 6.54 Å². The van der Waals surface area contributed by atoms with Gasteiger partial charge in [0.25, 0.3) is 5.56 Å². The van der Waals surface area contributed by atoms with Crippen LogP contribution in [0.2, 0.25) is 0 Å². The van der Waals surface area contributed by atoms with E-state index >= 15 is 0 Å². The maximum absolute atomic E-state index is 13.0. The molecule has 1 aromatic heterocycles. The molecule has 0 aliphatic carbocycles. The minimum Gasteiger partial charge on any atom is -0.324 e. The van der Waals surface area contributed by atoms with Crippen molar-refractivity contribution in [1.29, 1.82) is 0 Å². The summed E-state index contributed by atoms with van der Waals surface area (Å²) in [6, 6.07) is 14.2. The Labute approximate surface area is 151 Å². The van der Waals surface area contributed by atoms with E-state index in [1.807, 2.05) is 6.07 Å². The molecule has 5 nitrogen and oxygen atoms in total. The molecule has 1 heterocycles. The normalized spacial score (nSPS) is 10.5. The van der Waals surface area contributed by atoms with Crippen LogP contribution in [-0.2, 0) is 11.3 Å². The first-order valence-electron chi connectivity index (χ1n) is 7.39. The van der Waals surface area contributed by atoms with E-state index in [4.69, 9.17) is 0 Å². The predicted octanol–water partition coefficient (Wildman–Crippen LogP) is 3.45. The summed E-state index contributed by atoms with van der Waals surface area (Å²) >= 11 is 3.33. The first-order chi connectivity index (χ1) is 12.0. The van der Waals surface area contributed by atoms with Gasteiger partial charge in [-0.2, -0.15) is 0 Å². The van der Waals surface area contributed by atoms with Crippen molar-refractivity contribution in [2.75, 3.05) is 5.32 Å². The van der Waals surface area contributed by atoms with Crippen molar-refractivity contribution in [2.24, 2.45) is 0 Å². The number of benzene rings is 2. The Balaban J connectivity index is 1.74. The standard InChI is InChI=1S/C18H13BrFN3O2/c19-13-2-1-3-15(8-13)22-17(24)10-23-11-21-16(9-18(23)25)12-4-6-14(20)7-5-12/h1-9,11H,10H2,(H,22,24). The molecule has 0 saturated heterocycles. The first-order valence-corrected chi connectivity index (χ1v) is 8.18.